The second-order valence-electron chi connectivity index (χ2n) is 8.41. The van der Waals surface area contributed by atoms with Gasteiger partial charge in [0.05, 0.1) is 11.8 Å². The minimum Gasteiger partial charge on any atom is -0.459 e. The number of alkyl halides is 3. The maximum atomic E-state index is 13.4. The van der Waals surface area contributed by atoms with Gasteiger partial charge in [-0.15, -0.1) is 0 Å². The lowest BCUT2D eigenvalue weighted by atomic mass is 9.72. The molecule has 5 nitrogen and oxygen atoms in total. The van der Waals surface area contributed by atoms with Crippen molar-refractivity contribution in [2.24, 2.45) is 0 Å². The summed E-state index contributed by atoms with van der Waals surface area (Å²) in [6.07, 6.45) is -4.68. The van der Waals surface area contributed by atoms with Crippen molar-refractivity contribution in [1.82, 2.24) is 5.32 Å². The number of esters is 1. The first-order chi connectivity index (χ1) is 12.9. The fourth-order valence-corrected chi connectivity index (χ4v) is 4.18. The van der Waals surface area contributed by atoms with E-state index in [0.717, 1.165) is 0 Å². The fourth-order valence-electron chi connectivity index (χ4n) is 4.18. The minimum atomic E-state index is -4.38. The van der Waals surface area contributed by atoms with Gasteiger partial charge in [0.1, 0.15) is 12.1 Å². The molecule has 0 aliphatic carbocycles. The highest BCUT2D eigenvalue weighted by Gasteiger charge is 2.53. The number of hydrogen-bond acceptors (Lipinski definition) is 4. The molecule has 3 rings (SSSR count). The van der Waals surface area contributed by atoms with Crippen LogP contribution in [0, 0.1) is 0 Å². The van der Waals surface area contributed by atoms with Gasteiger partial charge in [0.15, 0.2) is 0 Å². The zero-order valence-corrected chi connectivity index (χ0v) is 16.3. The Morgan fingerprint density at radius 2 is 1.86 bits per heavy atom. The van der Waals surface area contributed by atoms with Crippen LogP contribution in [0.15, 0.2) is 18.2 Å². The van der Waals surface area contributed by atoms with Crippen molar-refractivity contribution in [2.75, 3.05) is 24.5 Å². The van der Waals surface area contributed by atoms with Gasteiger partial charge in [0.2, 0.25) is 5.91 Å². The van der Waals surface area contributed by atoms with E-state index < -0.39 is 29.6 Å². The number of nitrogens with zero attached hydrogens (tertiary/aromatic N) is 1. The van der Waals surface area contributed by atoms with Crippen LogP contribution in [0.3, 0.4) is 0 Å². The Hall–Kier alpha value is -2.09. The van der Waals surface area contributed by atoms with Crippen molar-refractivity contribution in [3.05, 3.63) is 29.3 Å². The highest BCUT2D eigenvalue weighted by molar-refractivity contribution is 6.10. The predicted octanol–water partition coefficient (Wildman–Crippen LogP) is 3.10. The van der Waals surface area contributed by atoms with Gasteiger partial charge in [-0.25, -0.2) is 0 Å². The first-order valence-electron chi connectivity index (χ1n) is 9.37. The summed E-state index contributed by atoms with van der Waals surface area (Å²) in [4.78, 5) is 27.0. The van der Waals surface area contributed by atoms with Crippen LogP contribution in [0.2, 0.25) is 0 Å². The molecule has 1 N–H and O–H groups in total. The Balaban J connectivity index is 2.03. The number of amides is 1. The molecule has 0 unspecified atom stereocenters. The number of carbonyl (C=O) groups is 2. The van der Waals surface area contributed by atoms with E-state index in [1.807, 2.05) is 0 Å². The van der Waals surface area contributed by atoms with E-state index in [4.69, 9.17) is 4.74 Å². The molecule has 1 aromatic rings. The predicted molar refractivity (Wildman–Crippen MR) is 98.2 cm³/mol. The number of benzene rings is 1. The topological polar surface area (TPSA) is 58.6 Å². The molecule has 8 heteroatoms. The molecule has 1 aromatic carbocycles. The SMILES string of the molecule is CC(C)(C)OC(=O)CN1C(=O)C2(CCNCC2)c2c(CC(F)(F)F)cccc21. The van der Waals surface area contributed by atoms with E-state index in [1.165, 1.54) is 17.0 Å². The van der Waals surface area contributed by atoms with Gasteiger partial charge in [-0.05, 0) is 63.9 Å². The van der Waals surface area contributed by atoms with E-state index in [2.05, 4.69) is 5.32 Å². The third-order valence-corrected chi connectivity index (χ3v) is 5.11. The third-order valence-electron chi connectivity index (χ3n) is 5.11. The lowest BCUT2D eigenvalue weighted by Crippen LogP contribution is -2.49. The molecule has 1 fully saturated rings. The smallest absolute Gasteiger partial charge is 0.393 e. The minimum absolute atomic E-state index is 0.104. The van der Waals surface area contributed by atoms with Crippen LogP contribution in [0.1, 0.15) is 44.7 Å². The first-order valence-corrected chi connectivity index (χ1v) is 9.37. The van der Waals surface area contributed by atoms with E-state index in [0.29, 0.717) is 37.2 Å². The molecule has 0 saturated carbocycles. The van der Waals surface area contributed by atoms with Crippen LogP contribution in [-0.4, -0.2) is 43.3 Å². The Bertz CT molecular complexity index is 778. The Kier molecular flexibility index (Phi) is 5.20. The normalized spacial score (nSPS) is 19.1. The highest BCUT2D eigenvalue weighted by Crippen LogP contribution is 2.49. The van der Waals surface area contributed by atoms with Crippen LogP contribution in [0.4, 0.5) is 18.9 Å². The summed E-state index contributed by atoms with van der Waals surface area (Å²) in [5, 5.41) is 3.16. The quantitative estimate of drug-likeness (QED) is 0.795. The Labute approximate surface area is 162 Å². The second-order valence-corrected chi connectivity index (χ2v) is 8.41. The summed E-state index contributed by atoms with van der Waals surface area (Å²) >= 11 is 0. The third kappa shape index (κ3) is 4.01. The van der Waals surface area contributed by atoms with Crippen LogP contribution in [-0.2, 0) is 26.2 Å². The van der Waals surface area contributed by atoms with Gasteiger partial charge in [-0.2, -0.15) is 13.2 Å². The molecule has 154 valence electrons. The summed E-state index contributed by atoms with van der Waals surface area (Å²) in [5.41, 5.74) is -0.827. The molecule has 0 aromatic heterocycles. The number of anilines is 1. The van der Waals surface area contributed by atoms with Crippen molar-refractivity contribution in [3.63, 3.8) is 0 Å². The highest BCUT2D eigenvalue weighted by atomic mass is 19.4. The number of piperidine rings is 1. The van der Waals surface area contributed by atoms with Gasteiger partial charge in [-0.1, -0.05) is 12.1 Å². The summed E-state index contributed by atoms with van der Waals surface area (Å²) < 4.78 is 44.8. The van der Waals surface area contributed by atoms with E-state index in [-0.39, 0.29) is 18.0 Å². The lowest BCUT2D eigenvalue weighted by molar-refractivity contribution is -0.153. The van der Waals surface area contributed by atoms with E-state index in [1.54, 1.807) is 26.8 Å². The molecular weight excluding hydrogens is 373 g/mol. The molecule has 28 heavy (non-hydrogen) atoms. The van der Waals surface area contributed by atoms with Gasteiger partial charge < -0.3 is 15.0 Å². The maximum Gasteiger partial charge on any atom is 0.393 e. The molecule has 0 radical (unpaired) electrons. The average molecular weight is 398 g/mol. The zero-order chi connectivity index (χ0) is 20.7. The summed E-state index contributed by atoms with van der Waals surface area (Å²) in [5.74, 6) is -0.900. The van der Waals surface area contributed by atoms with Crippen molar-refractivity contribution in [1.29, 1.82) is 0 Å². The molecule has 2 heterocycles. The number of rotatable bonds is 3. The van der Waals surface area contributed by atoms with Crippen molar-refractivity contribution < 1.29 is 27.5 Å². The summed E-state index contributed by atoms with van der Waals surface area (Å²) in [6.45, 7) is 5.92. The number of halogens is 3. The second kappa shape index (κ2) is 7.06. The number of fused-ring (bicyclic) bond motifs is 2. The Morgan fingerprint density at radius 1 is 1.21 bits per heavy atom. The lowest BCUT2D eigenvalue weighted by Gasteiger charge is -2.34. The van der Waals surface area contributed by atoms with Crippen LogP contribution in [0.5, 0.6) is 0 Å². The summed E-state index contributed by atoms with van der Waals surface area (Å²) in [6, 6.07) is 4.56. The molecular formula is C20H25F3N2O3. The molecule has 1 saturated heterocycles. The standard InChI is InChI=1S/C20H25F3N2O3/c1-18(2,3)28-15(26)12-25-14-6-4-5-13(11-20(21,22)23)16(14)19(17(25)27)7-9-24-10-8-19/h4-6,24H,7-12H2,1-3H3. The Morgan fingerprint density at radius 3 is 2.43 bits per heavy atom. The van der Waals surface area contributed by atoms with Gasteiger partial charge >= 0.3 is 12.1 Å². The maximum absolute atomic E-state index is 13.4. The van der Waals surface area contributed by atoms with Gasteiger partial charge in [0.25, 0.3) is 0 Å². The average Bonchev–Trinajstić information content (AvgIpc) is 2.76. The largest absolute Gasteiger partial charge is 0.459 e. The first kappa shape index (κ1) is 20.6. The summed E-state index contributed by atoms with van der Waals surface area (Å²) in [7, 11) is 0. The zero-order valence-electron chi connectivity index (χ0n) is 16.3. The van der Waals surface area contributed by atoms with Crippen molar-refractivity contribution in [2.45, 2.75) is 57.2 Å². The van der Waals surface area contributed by atoms with Crippen molar-refractivity contribution >= 4 is 17.6 Å². The van der Waals surface area contributed by atoms with E-state index >= 15 is 0 Å². The van der Waals surface area contributed by atoms with Gasteiger partial charge in [-0.3, -0.25) is 9.59 Å². The molecule has 0 bridgehead atoms. The molecule has 1 spiro atoms. The number of carbonyl (C=O) groups excluding carboxylic acids is 2. The molecule has 2 aliphatic rings. The molecule has 1 amide bonds. The van der Waals surface area contributed by atoms with Crippen LogP contribution >= 0.6 is 0 Å². The number of nitrogens with one attached hydrogen (secondary N) is 1. The van der Waals surface area contributed by atoms with Crippen LogP contribution < -0.4 is 10.2 Å². The van der Waals surface area contributed by atoms with Crippen LogP contribution in [0.25, 0.3) is 0 Å². The number of hydrogen-bond donors (Lipinski definition) is 1. The van der Waals surface area contributed by atoms with E-state index in [9.17, 15) is 22.8 Å². The van der Waals surface area contributed by atoms with Gasteiger partial charge in [0, 0.05) is 5.69 Å². The number of ether oxygens (including phenoxy) is 1. The fraction of sp³-hybridized carbons (Fsp3) is 0.600. The molecule has 2 aliphatic heterocycles. The van der Waals surface area contributed by atoms with Crippen molar-refractivity contribution in [3.8, 4) is 0 Å². The monoisotopic (exact) mass is 398 g/mol. The molecule has 0 atom stereocenters.